The van der Waals surface area contributed by atoms with Gasteiger partial charge in [-0.3, -0.25) is 5.41 Å². The van der Waals surface area contributed by atoms with Crippen LogP contribution in [0.25, 0.3) is 0 Å². The standard InChI is InChI=1S/C12H17NO3.ClH/c1-3-8-16-10-7-5-4-6-9(10)11(14)12(13)15-2;/h4-7,11,13-14H,3,8H2,1-2H3;1H. The van der Waals surface area contributed by atoms with Gasteiger partial charge in [-0.15, -0.1) is 12.4 Å². The van der Waals surface area contributed by atoms with E-state index in [-0.39, 0.29) is 18.3 Å². The van der Waals surface area contributed by atoms with Gasteiger partial charge in [0.25, 0.3) is 0 Å². The van der Waals surface area contributed by atoms with Crippen LogP contribution in [-0.2, 0) is 4.74 Å². The van der Waals surface area contributed by atoms with Crippen LogP contribution in [0.15, 0.2) is 24.3 Å². The summed E-state index contributed by atoms with van der Waals surface area (Å²) in [6, 6.07) is 7.12. The Kier molecular flexibility index (Phi) is 7.34. The molecule has 0 radical (unpaired) electrons. The van der Waals surface area contributed by atoms with E-state index in [4.69, 9.17) is 14.9 Å². The number of rotatable bonds is 5. The van der Waals surface area contributed by atoms with Crippen LogP contribution in [0.3, 0.4) is 0 Å². The zero-order valence-electron chi connectivity index (χ0n) is 9.97. The summed E-state index contributed by atoms with van der Waals surface area (Å²) in [4.78, 5) is 0. The lowest BCUT2D eigenvalue weighted by Crippen LogP contribution is -2.14. The van der Waals surface area contributed by atoms with E-state index in [0.717, 1.165) is 6.42 Å². The molecule has 5 heteroatoms. The highest BCUT2D eigenvalue weighted by atomic mass is 35.5. The molecule has 0 amide bonds. The molecule has 4 nitrogen and oxygen atoms in total. The lowest BCUT2D eigenvalue weighted by molar-refractivity contribution is 0.198. The van der Waals surface area contributed by atoms with Crippen LogP contribution in [0.2, 0.25) is 0 Å². The van der Waals surface area contributed by atoms with Crippen molar-refractivity contribution in [3.8, 4) is 5.75 Å². The summed E-state index contributed by atoms with van der Waals surface area (Å²) in [7, 11) is 1.36. The summed E-state index contributed by atoms with van der Waals surface area (Å²) in [6.45, 7) is 2.60. The molecule has 1 rings (SSSR count). The first-order chi connectivity index (χ1) is 7.70. The molecule has 1 aromatic carbocycles. The zero-order chi connectivity index (χ0) is 12.0. The number of aliphatic hydroxyl groups is 1. The Hall–Kier alpha value is -1.26. The van der Waals surface area contributed by atoms with Crippen molar-refractivity contribution in [3.05, 3.63) is 29.8 Å². The highest BCUT2D eigenvalue weighted by Crippen LogP contribution is 2.25. The first-order valence-electron chi connectivity index (χ1n) is 5.23. The van der Waals surface area contributed by atoms with Gasteiger partial charge in [-0.2, -0.15) is 0 Å². The number of methoxy groups -OCH3 is 1. The second-order valence-corrected chi connectivity index (χ2v) is 3.36. The Balaban J connectivity index is 0.00000256. The zero-order valence-corrected chi connectivity index (χ0v) is 10.8. The number of hydrogen-bond donors (Lipinski definition) is 2. The average molecular weight is 260 g/mol. The maximum absolute atomic E-state index is 9.84. The average Bonchev–Trinajstić information content (AvgIpc) is 2.34. The fourth-order valence-electron chi connectivity index (χ4n) is 1.30. The van der Waals surface area contributed by atoms with Crippen molar-refractivity contribution in [3.63, 3.8) is 0 Å². The second kappa shape index (κ2) is 7.92. The maximum atomic E-state index is 9.84. The van der Waals surface area contributed by atoms with Crippen molar-refractivity contribution in [2.75, 3.05) is 13.7 Å². The lowest BCUT2D eigenvalue weighted by Gasteiger charge is -2.15. The van der Waals surface area contributed by atoms with Crippen LogP contribution >= 0.6 is 12.4 Å². The van der Waals surface area contributed by atoms with Crippen molar-refractivity contribution >= 4 is 18.3 Å². The number of benzene rings is 1. The summed E-state index contributed by atoms with van der Waals surface area (Å²) in [5.74, 6) is 0.409. The van der Waals surface area contributed by atoms with Gasteiger partial charge in [0.05, 0.1) is 13.7 Å². The summed E-state index contributed by atoms with van der Waals surface area (Å²) in [5, 5.41) is 17.3. The van der Waals surface area contributed by atoms with E-state index in [2.05, 4.69) is 0 Å². The van der Waals surface area contributed by atoms with Gasteiger partial charge in [-0.1, -0.05) is 25.1 Å². The van der Waals surface area contributed by atoms with Crippen molar-refractivity contribution in [2.24, 2.45) is 0 Å². The van der Waals surface area contributed by atoms with E-state index >= 15 is 0 Å². The molecular weight excluding hydrogens is 242 g/mol. The number of ether oxygens (including phenoxy) is 2. The summed E-state index contributed by atoms with van der Waals surface area (Å²) >= 11 is 0. The van der Waals surface area contributed by atoms with E-state index in [1.807, 2.05) is 13.0 Å². The minimum Gasteiger partial charge on any atom is -0.493 e. The number of halogens is 1. The molecule has 0 aliphatic heterocycles. The van der Waals surface area contributed by atoms with Crippen LogP contribution in [0.5, 0.6) is 5.75 Å². The summed E-state index contributed by atoms with van der Waals surface area (Å²) in [5.41, 5.74) is 0.558. The number of para-hydroxylation sites is 1. The maximum Gasteiger partial charge on any atom is 0.214 e. The van der Waals surface area contributed by atoms with Gasteiger partial charge in [0.15, 0.2) is 6.10 Å². The molecule has 0 spiro atoms. The van der Waals surface area contributed by atoms with E-state index in [1.54, 1.807) is 18.2 Å². The minimum absolute atomic E-state index is 0. The van der Waals surface area contributed by atoms with Crippen LogP contribution in [0, 0.1) is 5.41 Å². The van der Waals surface area contributed by atoms with E-state index in [1.165, 1.54) is 7.11 Å². The smallest absolute Gasteiger partial charge is 0.214 e. The lowest BCUT2D eigenvalue weighted by atomic mass is 10.1. The topological polar surface area (TPSA) is 62.5 Å². The molecule has 0 aromatic heterocycles. The molecular formula is C12H18ClNO3. The molecule has 0 bridgehead atoms. The molecule has 0 saturated heterocycles. The van der Waals surface area contributed by atoms with Crippen LogP contribution in [0.4, 0.5) is 0 Å². The Bertz CT molecular complexity index is 357. The van der Waals surface area contributed by atoms with Crippen molar-refractivity contribution in [1.29, 1.82) is 5.41 Å². The predicted octanol–water partition coefficient (Wildman–Crippen LogP) is 2.55. The molecule has 96 valence electrons. The fraction of sp³-hybridized carbons (Fsp3) is 0.417. The van der Waals surface area contributed by atoms with Crippen LogP contribution in [0.1, 0.15) is 25.0 Å². The first-order valence-corrected chi connectivity index (χ1v) is 5.23. The van der Waals surface area contributed by atoms with Crippen LogP contribution < -0.4 is 4.74 Å². The number of nitrogens with one attached hydrogen (secondary N) is 1. The molecule has 0 aliphatic carbocycles. The van der Waals surface area contributed by atoms with E-state index < -0.39 is 6.10 Å². The minimum atomic E-state index is -1.07. The molecule has 17 heavy (non-hydrogen) atoms. The molecule has 0 fully saturated rings. The molecule has 2 N–H and O–H groups in total. The SMILES string of the molecule is CCCOc1ccccc1C(O)C(=N)OC.Cl. The molecule has 1 atom stereocenters. The van der Waals surface area contributed by atoms with Gasteiger partial charge in [0, 0.05) is 5.56 Å². The van der Waals surface area contributed by atoms with Gasteiger partial charge in [-0.05, 0) is 12.5 Å². The van der Waals surface area contributed by atoms with E-state index in [9.17, 15) is 5.11 Å². The number of hydrogen-bond acceptors (Lipinski definition) is 4. The van der Waals surface area contributed by atoms with Crippen molar-refractivity contribution in [2.45, 2.75) is 19.4 Å². The highest BCUT2D eigenvalue weighted by molar-refractivity contribution is 5.85. The Morgan fingerprint density at radius 2 is 2.06 bits per heavy atom. The third-order valence-electron chi connectivity index (χ3n) is 2.14. The Labute approximate surface area is 107 Å². The number of aliphatic hydroxyl groups excluding tert-OH is 1. The molecule has 0 aliphatic rings. The van der Waals surface area contributed by atoms with Gasteiger partial charge in [0.2, 0.25) is 5.90 Å². The van der Waals surface area contributed by atoms with Crippen molar-refractivity contribution < 1.29 is 14.6 Å². The van der Waals surface area contributed by atoms with Gasteiger partial charge < -0.3 is 14.6 Å². The quantitative estimate of drug-likeness (QED) is 0.631. The largest absolute Gasteiger partial charge is 0.493 e. The monoisotopic (exact) mass is 259 g/mol. The molecule has 0 saturated carbocycles. The van der Waals surface area contributed by atoms with Crippen molar-refractivity contribution in [1.82, 2.24) is 0 Å². The Morgan fingerprint density at radius 1 is 1.41 bits per heavy atom. The Morgan fingerprint density at radius 3 is 2.65 bits per heavy atom. The molecule has 1 unspecified atom stereocenters. The van der Waals surface area contributed by atoms with Gasteiger partial charge in [-0.25, -0.2) is 0 Å². The van der Waals surface area contributed by atoms with Gasteiger partial charge in [0.1, 0.15) is 5.75 Å². The predicted molar refractivity (Wildman–Crippen MR) is 69.2 cm³/mol. The van der Waals surface area contributed by atoms with Gasteiger partial charge >= 0.3 is 0 Å². The molecule has 0 heterocycles. The normalized spacial score (nSPS) is 11.2. The highest BCUT2D eigenvalue weighted by Gasteiger charge is 2.18. The molecule has 1 aromatic rings. The third-order valence-corrected chi connectivity index (χ3v) is 2.14. The summed E-state index contributed by atoms with van der Waals surface area (Å²) < 4.78 is 10.2. The second-order valence-electron chi connectivity index (χ2n) is 3.36. The summed E-state index contributed by atoms with van der Waals surface area (Å²) in [6.07, 6.45) is -0.176. The van der Waals surface area contributed by atoms with E-state index in [0.29, 0.717) is 17.9 Å². The van der Waals surface area contributed by atoms with Crippen LogP contribution in [-0.4, -0.2) is 24.7 Å². The fourth-order valence-corrected chi connectivity index (χ4v) is 1.30. The third kappa shape index (κ3) is 4.24. The first kappa shape index (κ1) is 15.7.